The molecule has 0 spiro atoms. The van der Waals surface area contributed by atoms with E-state index in [4.69, 9.17) is 0 Å². The van der Waals surface area contributed by atoms with E-state index in [-0.39, 0.29) is 0 Å². The van der Waals surface area contributed by atoms with Gasteiger partial charge in [0, 0.05) is 11.8 Å². The summed E-state index contributed by atoms with van der Waals surface area (Å²) in [5.74, 6) is 0.645. The lowest BCUT2D eigenvalue weighted by atomic mass is 9.68. The van der Waals surface area contributed by atoms with Crippen molar-refractivity contribution in [3.63, 3.8) is 0 Å². The highest BCUT2D eigenvalue weighted by atomic mass is 14.4. The summed E-state index contributed by atoms with van der Waals surface area (Å²) in [4.78, 5) is 0. The van der Waals surface area contributed by atoms with Gasteiger partial charge in [0.15, 0.2) is 0 Å². The van der Waals surface area contributed by atoms with Crippen LogP contribution in [0.4, 0.5) is 0 Å². The third kappa shape index (κ3) is 4.23. The van der Waals surface area contributed by atoms with Gasteiger partial charge in [-0.15, -0.1) is 0 Å². The van der Waals surface area contributed by atoms with Crippen molar-refractivity contribution < 1.29 is 0 Å². The van der Waals surface area contributed by atoms with Crippen LogP contribution in [0, 0.1) is 0 Å². The summed E-state index contributed by atoms with van der Waals surface area (Å²) < 4.78 is 0. The number of rotatable bonds is 3. The third-order valence-corrected chi connectivity index (χ3v) is 10.6. The zero-order chi connectivity index (χ0) is 31.6. The molecule has 0 heteroatoms. The Balaban J connectivity index is 1.22. The topological polar surface area (TPSA) is 0 Å². The number of hydrogen-bond donors (Lipinski definition) is 0. The minimum Gasteiger partial charge on any atom is -0.0761 e. The van der Waals surface area contributed by atoms with Crippen molar-refractivity contribution in [2.75, 3.05) is 0 Å². The molecule has 2 unspecified atom stereocenters. The van der Waals surface area contributed by atoms with E-state index >= 15 is 0 Å². The molecule has 0 saturated heterocycles. The zero-order valence-corrected chi connectivity index (χ0v) is 26.5. The van der Waals surface area contributed by atoms with Crippen molar-refractivity contribution in [3.05, 3.63) is 193 Å². The molecule has 0 radical (unpaired) electrons. The van der Waals surface area contributed by atoms with Gasteiger partial charge in [-0.3, -0.25) is 0 Å². The Morgan fingerprint density at radius 1 is 0.312 bits per heavy atom. The minimum atomic E-state index is 0.303. The quantitative estimate of drug-likeness (QED) is 0.187. The van der Waals surface area contributed by atoms with Crippen LogP contribution in [-0.4, -0.2) is 0 Å². The van der Waals surface area contributed by atoms with Gasteiger partial charge < -0.3 is 0 Å². The molecule has 0 N–H and O–H groups in total. The third-order valence-electron chi connectivity index (χ3n) is 10.6. The summed E-state index contributed by atoms with van der Waals surface area (Å²) in [5.41, 5.74) is 13.1. The Bertz CT molecular complexity index is 2620. The summed E-state index contributed by atoms with van der Waals surface area (Å²) in [6.45, 7) is 0. The monoisotopic (exact) mass is 608 g/mol. The Kier molecular flexibility index (Phi) is 6.11. The molecule has 0 aliphatic heterocycles. The van der Waals surface area contributed by atoms with Crippen molar-refractivity contribution in [1.82, 2.24) is 0 Å². The molecule has 224 valence electrons. The van der Waals surface area contributed by atoms with Crippen LogP contribution < -0.4 is 0 Å². The molecule has 0 heterocycles. The first-order valence-corrected chi connectivity index (χ1v) is 16.9. The second-order valence-corrected chi connectivity index (χ2v) is 13.2. The van der Waals surface area contributed by atoms with Crippen LogP contribution in [0.1, 0.15) is 23.0 Å². The molecule has 2 atom stereocenters. The maximum absolute atomic E-state index is 2.52. The van der Waals surface area contributed by atoms with Gasteiger partial charge in [-0.05, 0) is 118 Å². The fourth-order valence-corrected chi connectivity index (χ4v) is 8.34. The van der Waals surface area contributed by atoms with E-state index in [2.05, 4.69) is 182 Å². The van der Waals surface area contributed by atoms with Crippen LogP contribution in [0.3, 0.4) is 0 Å². The lowest BCUT2D eigenvalue weighted by molar-refractivity contribution is 0.721. The lowest BCUT2D eigenvalue weighted by Gasteiger charge is -2.35. The molecule has 10 rings (SSSR count). The molecule has 8 aromatic rings. The highest BCUT2D eigenvalue weighted by Gasteiger charge is 2.33. The predicted octanol–water partition coefficient (Wildman–Crippen LogP) is 13.1. The fourth-order valence-electron chi connectivity index (χ4n) is 8.34. The van der Waals surface area contributed by atoms with Gasteiger partial charge in [0.05, 0.1) is 0 Å². The average molecular weight is 609 g/mol. The molecule has 0 nitrogen and oxygen atoms in total. The standard InChI is InChI=1S/C48H32/c1-2-12-31(13-3-1)33-24-22-32-23-25-34(27-36(32)26-33)37-28-35-14-4-5-15-38(35)45(29-37)46-30-47-41-18-7-6-16-39(41)40-17-8-10-20-43(40)48(47)44-21-11-9-19-42(44)46/h1-30,39,41H. The molecule has 8 aromatic carbocycles. The second kappa shape index (κ2) is 10.8. The van der Waals surface area contributed by atoms with E-state index in [1.54, 1.807) is 0 Å². The summed E-state index contributed by atoms with van der Waals surface area (Å²) >= 11 is 0. The first-order valence-electron chi connectivity index (χ1n) is 16.9. The Hall–Kier alpha value is -5.98. The van der Waals surface area contributed by atoms with Gasteiger partial charge in [-0.1, -0.05) is 152 Å². The molecule has 48 heavy (non-hydrogen) atoms. The predicted molar refractivity (Wildman–Crippen MR) is 204 cm³/mol. The van der Waals surface area contributed by atoms with E-state index in [1.165, 1.54) is 88.0 Å². The molecule has 0 fully saturated rings. The zero-order valence-electron chi connectivity index (χ0n) is 26.5. The largest absolute Gasteiger partial charge is 0.0761 e. The van der Waals surface area contributed by atoms with Gasteiger partial charge in [-0.25, -0.2) is 0 Å². The van der Waals surface area contributed by atoms with Gasteiger partial charge in [0.25, 0.3) is 0 Å². The molecule has 0 aromatic heterocycles. The molecule has 0 saturated carbocycles. The van der Waals surface area contributed by atoms with Crippen LogP contribution >= 0.6 is 0 Å². The fraction of sp³-hybridized carbons (Fsp3) is 0.0417. The highest BCUT2D eigenvalue weighted by Crippen LogP contribution is 2.53. The van der Waals surface area contributed by atoms with E-state index in [0.717, 1.165) is 0 Å². The van der Waals surface area contributed by atoms with Gasteiger partial charge in [0.1, 0.15) is 0 Å². The Morgan fingerprint density at radius 2 is 0.917 bits per heavy atom. The van der Waals surface area contributed by atoms with Crippen molar-refractivity contribution in [2.24, 2.45) is 0 Å². The van der Waals surface area contributed by atoms with E-state index in [9.17, 15) is 0 Å². The van der Waals surface area contributed by atoms with Crippen LogP contribution in [0.15, 0.2) is 182 Å². The molecule has 0 bridgehead atoms. The van der Waals surface area contributed by atoms with Crippen molar-refractivity contribution in [3.8, 4) is 44.5 Å². The lowest BCUT2D eigenvalue weighted by Crippen LogP contribution is -2.17. The van der Waals surface area contributed by atoms with Crippen LogP contribution in [0.25, 0.3) is 76.8 Å². The summed E-state index contributed by atoms with van der Waals surface area (Å²) in [6.07, 6.45) is 9.24. The summed E-state index contributed by atoms with van der Waals surface area (Å²) in [6, 6.07) is 58.6. The van der Waals surface area contributed by atoms with E-state index in [0.29, 0.717) is 11.8 Å². The Morgan fingerprint density at radius 3 is 1.73 bits per heavy atom. The molecule has 0 amide bonds. The van der Waals surface area contributed by atoms with Crippen molar-refractivity contribution in [1.29, 1.82) is 0 Å². The van der Waals surface area contributed by atoms with Crippen molar-refractivity contribution >= 4 is 32.3 Å². The maximum atomic E-state index is 2.52. The summed E-state index contributed by atoms with van der Waals surface area (Å²) in [7, 11) is 0. The smallest absolute Gasteiger partial charge is 0.0131 e. The van der Waals surface area contributed by atoms with Crippen LogP contribution in [0.5, 0.6) is 0 Å². The number of allylic oxidation sites excluding steroid dienone is 4. The van der Waals surface area contributed by atoms with Gasteiger partial charge in [0.2, 0.25) is 0 Å². The van der Waals surface area contributed by atoms with Crippen molar-refractivity contribution in [2.45, 2.75) is 11.8 Å². The first kappa shape index (κ1) is 27.2. The Labute approximate surface area is 281 Å². The number of fused-ring (bicyclic) bond motifs is 10. The summed E-state index contributed by atoms with van der Waals surface area (Å²) in [5, 5.41) is 7.67. The van der Waals surface area contributed by atoms with Gasteiger partial charge >= 0.3 is 0 Å². The van der Waals surface area contributed by atoms with Gasteiger partial charge in [-0.2, -0.15) is 0 Å². The van der Waals surface area contributed by atoms with E-state index < -0.39 is 0 Å². The van der Waals surface area contributed by atoms with Crippen LogP contribution in [-0.2, 0) is 0 Å². The average Bonchev–Trinajstić information content (AvgIpc) is 3.17. The van der Waals surface area contributed by atoms with E-state index in [1.807, 2.05) is 0 Å². The molecule has 2 aliphatic carbocycles. The molecular formula is C48H32. The minimum absolute atomic E-state index is 0.303. The number of benzene rings is 8. The highest BCUT2D eigenvalue weighted by molar-refractivity contribution is 6.12. The SMILES string of the molecule is C1=CC2c3ccccc3-c3c(cc(-c4cc(-c5ccc6ccc(-c7ccccc7)cc6c5)cc5ccccc45)c4ccccc34)C2C=C1. The molecular weight excluding hydrogens is 577 g/mol. The van der Waals surface area contributed by atoms with Crippen LogP contribution in [0.2, 0.25) is 0 Å². The first-order chi connectivity index (χ1) is 23.8. The molecule has 2 aliphatic rings. The normalized spacial score (nSPS) is 16.2. The maximum Gasteiger partial charge on any atom is 0.0131 e. The second-order valence-electron chi connectivity index (χ2n) is 13.2. The number of hydrogen-bond acceptors (Lipinski definition) is 0.